The largest absolute Gasteiger partial charge is 0.493 e. The minimum absolute atomic E-state index is 0.0546. The van der Waals surface area contributed by atoms with Crippen molar-refractivity contribution in [2.75, 3.05) is 14.2 Å². The first-order valence-electron chi connectivity index (χ1n) is 8.16. The van der Waals surface area contributed by atoms with Gasteiger partial charge in [0.25, 0.3) is 0 Å². The van der Waals surface area contributed by atoms with Crippen LogP contribution in [-0.4, -0.2) is 24.9 Å². The molecule has 0 fully saturated rings. The fourth-order valence-corrected chi connectivity index (χ4v) is 3.17. The zero-order chi connectivity index (χ0) is 17.8. The number of ether oxygens (including phenoxy) is 2. The van der Waals surface area contributed by atoms with Crippen LogP contribution in [0.25, 0.3) is 0 Å². The predicted octanol–water partition coefficient (Wildman–Crippen LogP) is 4.09. The van der Waals surface area contributed by atoms with Crippen LogP contribution in [0.5, 0.6) is 11.5 Å². The van der Waals surface area contributed by atoms with Gasteiger partial charge >= 0.3 is 0 Å². The van der Waals surface area contributed by atoms with Gasteiger partial charge in [0.2, 0.25) is 0 Å². The summed E-state index contributed by atoms with van der Waals surface area (Å²) in [5, 5.41) is 16.4. The van der Waals surface area contributed by atoms with E-state index in [4.69, 9.17) is 9.47 Å². The Balaban J connectivity index is 1.98. The summed E-state index contributed by atoms with van der Waals surface area (Å²) in [6.45, 7) is 2.00. The number of benzene rings is 2. The summed E-state index contributed by atoms with van der Waals surface area (Å²) in [5.74, 6) is 1.25. The van der Waals surface area contributed by atoms with Crippen LogP contribution < -0.4 is 9.47 Å². The molecule has 0 N–H and O–H groups in total. The Morgan fingerprint density at radius 1 is 1.12 bits per heavy atom. The van der Waals surface area contributed by atoms with Gasteiger partial charge in [-0.2, -0.15) is 10.4 Å². The molecular formula is C20H21N3O2. The van der Waals surface area contributed by atoms with Crippen molar-refractivity contribution in [3.63, 3.8) is 0 Å². The second-order valence-electron chi connectivity index (χ2n) is 5.99. The van der Waals surface area contributed by atoms with Gasteiger partial charge in [0.15, 0.2) is 17.5 Å². The van der Waals surface area contributed by atoms with Gasteiger partial charge in [-0.3, -0.25) is 5.01 Å². The van der Waals surface area contributed by atoms with Gasteiger partial charge in [-0.1, -0.05) is 36.4 Å². The molecule has 0 radical (unpaired) electrons. The van der Waals surface area contributed by atoms with Crippen LogP contribution in [0, 0.1) is 11.3 Å². The predicted molar refractivity (Wildman–Crippen MR) is 96.6 cm³/mol. The van der Waals surface area contributed by atoms with E-state index in [0.717, 1.165) is 23.3 Å². The maximum atomic E-state index is 9.85. The Bertz CT molecular complexity index is 811. The minimum atomic E-state index is -0.498. The monoisotopic (exact) mass is 335 g/mol. The Morgan fingerprint density at radius 3 is 2.48 bits per heavy atom. The fraction of sp³-hybridized carbons (Fsp3) is 0.300. The molecule has 1 aliphatic heterocycles. The molecule has 0 spiro atoms. The molecule has 128 valence electrons. The average molecular weight is 335 g/mol. The maximum Gasteiger partial charge on any atom is 0.161 e. The summed E-state index contributed by atoms with van der Waals surface area (Å²) in [4.78, 5) is 0. The Kier molecular flexibility index (Phi) is 4.90. The fourth-order valence-electron chi connectivity index (χ4n) is 3.17. The molecule has 0 bridgehead atoms. The highest BCUT2D eigenvalue weighted by atomic mass is 16.5. The number of nitrogens with zero attached hydrogens (tertiary/aromatic N) is 3. The summed E-state index contributed by atoms with van der Waals surface area (Å²) < 4.78 is 10.7. The molecule has 0 saturated carbocycles. The number of hydrazone groups is 1. The van der Waals surface area contributed by atoms with Crippen molar-refractivity contribution in [2.45, 2.75) is 25.4 Å². The van der Waals surface area contributed by atoms with Crippen LogP contribution in [0.15, 0.2) is 53.6 Å². The van der Waals surface area contributed by atoms with E-state index in [1.54, 1.807) is 14.2 Å². The third kappa shape index (κ3) is 3.29. The number of hydrogen-bond acceptors (Lipinski definition) is 5. The lowest BCUT2D eigenvalue weighted by atomic mass is 9.99. The molecule has 1 heterocycles. The van der Waals surface area contributed by atoms with Crippen molar-refractivity contribution < 1.29 is 9.47 Å². The molecule has 3 rings (SSSR count). The van der Waals surface area contributed by atoms with Crippen LogP contribution in [-0.2, 0) is 0 Å². The molecule has 2 aromatic carbocycles. The molecule has 0 aromatic heterocycles. The van der Waals surface area contributed by atoms with Gasteiger partial charge in [-0.15, -0.1) is 0 Å². The van der Waals surface area contributed by atoms with Crippen molar-refractivity contribution in [3.05, 3.63) is 59.7 Å². The van der Waals surface area contributed by atoms with Crippen molar-refractivity contribution in [3.8, 4) is 17.6 Å². The summed E-state index contributed by atoms with van der Waals surface area (Å²) in [7, 11) is 3.19. The highest BCUT2D eigenvalue weighted by Gasteiger charge is 2.33. The molecule has 0 amide bonds. The van der Waals surface area contributed by atoms with Crippen LogP contribution in [0.1, 0.15) is 36.6 Å². The zero-order valence-corrected chi connectivity index (χ0v) is 14.6. The van der Waals surface area contributed by atoms with E-state index < -0.39 is 6.04 Å². The minimum Gasteiger partial charge on any atom is -0.493 e. The lowest BCUT2D eigenvalue weighted by Gasteiger charge is -2.28. The lowest BCUT2D eigenvalue weighted by Crippen LogP contribution is -2.24. The Hall–Kier alpha value is -3.00. The van der Waals surface area contributed by atoms with Crippen molar-refractivity contribution in [1.82, 2.24) is 5.01 Å². The van der Waals surface area contributed by atoms with Crippen molar-refractivity contribution in [1.29, 1.82) is 5.26 Å². The van der Waals surface area contributed by atoms with E-state index in [0.29, 0.717) is 11.5 Å². The summed E-state index contributed by atoms with van der Waals surface area (Å²) in [6.07, 6.45) is 0.815. The van der Waals surface area contributed by atoms with Crippen molar-refractivity contribution in [2.24, 2.45) is 5.10 Å². The van der Waals surface area contributed by atoms with E-state index >= 15 is 0 Å². The van der Waals surface area contributed by atoms with E-state index in [9.17, 15) is 5.26 Å². The topological polar surface area (TPSA) is 57.8 Å². The first-order chi connectivity index (χ1) is 12.2. The van der Waals surface area contributed by atoms with Crippen LogP contribution >= 0.6 is 0 Å². The molecule has 0 saturated heterocycles. The number of nitriles is 1. The molecule has 25 heavy (non-hydrogen) atoms. The highest BCUT2D eigenvalue weighted by molar-refractivity contribution is 5.84. The zero-order valence-electron chi connectivity index (χ0n) is 14.6. The summed E-state index contributed by atoms with van der Waals surface area (Å²) >= 11 is 0. The molecular weight excluding hydrogens is 314 g/mol. The van der Waals surface area contributed by atoms with Gasteiger partial charge in [-0.05, 0) is 30.2 Å². The number of methoxy groups -OCH3 is 2. The van der Waals surface area contributed by atoms with Crippen molar-refractivity contribution >= 4 is 5.71 Å². The summed E-state index contributed by atoms with van der Waals surface area (Å²) in [6, 6.07) is 17.7. The summed E-state index contributed by atoms with van der Waals surface area (Å²) in [5.41, 5.74) is 3.01. The standard InChI is InChI=1S/C20H21N3O2/c1-14-11-17(15-7-5-4-6-8-15)23(22-14)18(13-21)16-9-10-19(24-2)20(12-16)25-3/h4-10,12,17-18H,11H2,1-3H3/t17-,18-/m1/s1. The van der Waals surface area contributed by atoms with Gasteiger partial charge in [0.1, 0.15) is 0 Å². The first kappa shape index (κ1) is 16.8. The molecule has 2 atom stereocenters. The number of hydrogen-bond donors (Lipinski definition) is 0. The molecule has 5 heteroatoms. The van der Waals surface area contributed by atoms with Crippen LogP contribution in [0.2, 0.25) is 0 Å². The van der Waals surface area contributed by atoms with Gasteiger partial charge in [0, 0.05) is 12.1 Å². The van der Waals surface area contributed by atoms with Gasteiger partial charge < -0.3 is 9.47 Å². The second kappa shape index (κ2) is 7.27. The Morgan fingerprint density at radius 2 is 1.84 bits per heavy atom. The molecule has 1 aliphatic rings. The highest BCUT2D eigenvalue weighted by Crippen LogP contribution is 2.39. The molecule has 2 aromatic rings. The van der Waals surface area contributed by atoms with Crippen LogP contribution in [0.3, 0.4) is 0 Å². The number of rotatable bonds is 5. The third-order valence-corrected chi connectivity index (χ3v) is 4.39. The smallest absolute Gasteiger partial charge is 0.161 e. The Labute approximate surface area is 148 Å². The lowest BCUT2D eigenvalue weighted by molar-refractivity contribution is 0.196. The van der Waals surface area contributed by atoms with E-state index in [2.05, 4.69) is 23.3 Å². The van der Waals surface area contributed by atoms with E-state index in [-0.39, 0.29) is 6.04 Å². The SMILES string of the molecule is COc1ccc([C@@H](C#N)N2N=C(C)C[C@@H]2c2ccccc2)cc1OC. The third-order valence-electron chi connectivity index (χ3n) is 4.39. The maximum absolute atomic E-state index is 9.85. The normalized spacial score (nSPS) is 17.6. The van der Waals surface area contributed by atoms with Gasteiger partial charge in [-0.25, -0.2) is 0 Å². The molecule has 0 unspecified atom stereocenters. The van der Waals surface area contributed by atoms with E-state index in [1.807, 2.05) is 48.3 Å². The van der Waals surface area contributed by atoms with Crippen LogP contribution in [0.4, 0.5) is 0 Å². The molecule has 5 nitrogen and oxygen atoms in total. The average Bonchev–Trinajstić information content (AvgIpc) is 3.04. The second-order valence-corrected chi connectivity index (χ2v) is 5.99. The molecule has 0 aliphatic carbocycles. The quantitative estimate of drug-likeness (QED) is 0.826. The first-order valence-corrected chi connectivity index (χ1v) is 8.16. The van der Waals surface area contributed by atoms with E-state index in [1.165, 1.54) is 0 Å². The van der Waals surface area contributed by atoms with Gasteiger partial charge in [0.05, 0.1) is 26.3 Å².